The number of halogens is 3. The number of nitrogens with zero attached hydrogens (tertiary/aromatic N) is 2. The zero-order valence-electron chi connectivity index (χ0n) is 23.1. The summed E-state index contributed by atoms with van der Waals surface area (Å²) in [6.45, 7) is 3.02. The van der Waals surface area contributed by atoms with Gasteiger partial charge in [0.15, 0.2) is 23.5 Å². The Bertz CT molecular complexity index is 1590. The van der Waals surface area contributed by atoms with E-state index < -0.39 is 80.3 Å². The fourth-order valence-corrected chi connectivity index (χ4v) is 5.89. The number of benzene rings is 2. The number of anilines is 1. The summed E-state index contributed by atoms with van der Waals surface area (Å²) in [5.41, 5.74) is 0.860. The standard InChI is InChI=1S/C26H30F3N4O9P/c1-13(2)40-23(36)14(3)32-43(38,42-18-10-6-8-15-7-4-5-9-16(15)18)39-12-26(24(28)29)20(35)19(34)22(41-26)33-11-17(27)21(30)31-25(33)37/h4-11,13-14,19-20,22,24,34-35H,12H2,1-3H3,(H,32,38)(H2,30,31,37)/t14-,19+,20-,22+,26+,43-/m0/s1. The minimum Gasteiger partial charge on any atom is -0.462 e. The monoisotopic (exact) mass is 630 g/mol. The summed E-state index contributed by atoms with van der Waals surface area (Å²) in [5.74, 6) is -2.89. The van der Waals surface area contributed by atoms with E-state index in [1.54, 1.807) is 50.2 Å². The van der Waals surface area contributed by atoms with Crippen LogP contribution in [0.15, 0.2) is 53.5 Å². The number of aliphatic hydroxyl groups excluding tert-OH is 2. The first-order valence-corrected chi connectivity index (χ1v) is 14.5. The molecule has 4 rings (SSSR count). The Hall–Kier alpha value is -3.53. The number of nitrogen functional groups attached to an aromatic ring is 1. The fourth-order valence-electron chi connectivity index (χ4n) is 4.34. The number of carbonyl (C=O) groups excluding carboxylic acids is 1. The van der Waals surface area contributed by atoms with Crippen molar-refractivity contribution in [2.45, 2.75) is 63.4 Å². The molecule has 1 aliphatic rings. The van der Waals surface area contributed by atoms with Gasteiger partial charge in [-0.1, -0.05) is 36.4 Å². The molecule has 234 valence electrons. The maximum absolute atomic E-state index is 14.6. The van der Waals surface area contributed by atoms with Crippen molar-refractivity contribution in [2.24, 2.45) is 0 Å². The molecule has 1 fully saturated rings. The summed E-state index contributed by atoms with van der Waals surface area (Å²) >= 11 is 0. The second kappa shape index (κ2) is 12.6. The Labute approximate surface area is 242 Å². The normalized spacial score (nSPS) is 24.3. The highest BCUT2D eigenvalue weighted by molar-refractivity contribution is 7.52. The minimum atomic E-state index is -4.81. The second-order valence-corrected chi connectivity index (χ2v) is 11.7. The van der Waals surface area contributed by atoms with Gasteiger partial charge in [-0.2, -0.15) is 10.1 Å². The van der Waals surface area contributed by atoms with Gasteiger partial charge in [-0.3, -0.25) is 13.9 Å². The number of aromatic nitrogens is 2. The summed E-state index contributed by atoms with van der Waals surface area (Å²) in [7, 11) is -4.81. The molecule has 1 aliphatic heterocycles. The van der Waals surface area contributed by atoms with E-state index >= 15 is 0 Å². The third-order valence-corrected chi connectivity index (χ3v) is 8.13. The van der Waals surface area contributed by atoms with E-state index in [0.29, 0.717) is 21.5 Å². The molecule has 13 nitrogen and oxygen atoms in total. The zero-order chi connectivity index (χ0) is 31.7. The summed E-state index contributed by atoms with van der Waals surface area (Å²) < 4.78 is 79.1. The van der Waals surface area contributed by atoms with Crippen molar-refractivity contribution in [1.29, 1.82) is 0 Å². The number of aliphatic hydroxyl groups is 2. The first-order chi connectivity index (χ1) is 20.2. The van der Waals surface area contributed by atoms with Gasteiger partial charge in [-0.05, 0) is 32.2 Å². The van der Waals surface area contributed by atoms with E-state index in [1.165, 1.54) is 13.0 Å². The Kier molecular flexibility index (Phi) is 9.49. The lowest BCUT2D eigenvalue weighted by atomic mass is 9.96. The van der Waals surface area contributed by atoms with Crippen LogP contribution in [0.25, 0.3) is 10.8 Å². The van der Waals surface area contributed by atoms with E-state index in [4.69, 9.17) is 24.3 Å². The number of hydrogen-bond acceptors (Lipinski definition) is 11. The Morgan fingerprint density at radius 2 is 1.88 bits per heavy atom. The molecule has 0 radical (unpaired) electrons. The van der Waals surface area contributed by atoms with Gasteiger partial charge in [0.2, 0.25) is 0 Å². The van der Waals surface area contributed by atoms with Crippen LogP contribution in [-0.2, 0) is 23.4 Å². The number of carbonyl (C=O) groups is 1. The van der Waals surface area contributed by atoms with Crippen LogP contribution in [0.3, 0.4) is 0 Å². The van der Waals surface area contributed by atoms with Crippen molar-refractivity contribution in [3.63, 3.8) is 0 Å². The maximum Gasteiger partial charge on any atom is 0.459 e. The quantitative estimate of drug-likeness (QED) is 0.180. The SMILES string of the molecule is CC(C)OC(=O)[C@H](C)N[P@](=O)(OC[C@@]1(C(F)F)O[C@@H](n2cc(F)c(N)nc2=O)[C@H](O)[C@@H]1O)Oc1cccc2ccccc12. The molecule has 0 saturated carbocycles. The maximum atomic E-state index is 14.6. The molecule has 0 unspecified atom stereocenters. The van der Waals surface area contributed by atoms with E-state index in [1.807, 2.05) is 0 Å². The molecule has 0 aliphatic carbocycles. The van der Waals surface area contributed by atoms with Crippen molar-refractivity contribution in [2.75, 3.05) is 12.3 Å². The predicted octanol–water partition coefficient (Wildman–Crippen LogP) is 2.51. The van der Waals surface area contributed by atoms with Crippen molar-refractivity contribution < 1.29 is 51.3 Å². The molecule has 0 bridgehead atoms. The van der Waals surface area contributed by atoms with Crippen molar-refractivity contribution in [3.8, 4) is 5.75 Å². The third-order valence-electron chi connectivity index (χ3n) is 6.52. The number of ether oxygens (including phenoxy) is 2. The number of rotatable bonds is 11. The van der Waals surface area contributed by atoms with Crippen molar-refractivity contribution in [1.82, 2.24) is 14.6 Å². The molecule has 2 aromatic carbocycles. The van der Waals surface area contributed by atoms with Crippen LogP contribution >= 0.6 is 7.75 Å². The van der Waals surface area contributed by atoms with Gasteiger partial charge in [-0.15, -0.1) is 0 Å². The molecule has 6 atom stereocenters. The van der Waals surface area contributed by atoms with Gasteiger partial charge >= 0.3 is 19.4 Å². The minimum absolute atomic E-state index is 0.00904. The topological polar surface area (TPSA) is 184 Å². The lowest BCUT2D eigenvalue weighted by Crippen LogP contribution is -2.53. The number of fused-ring (bicyclic) bond motifs is 1. The average Bonchev–Trinajstić information content (AvgIpc) is 3.20. The Morgan fingerprint density at radius 1 is 1.21 bits per heavy atom. The lowest BCUT2D eigenvalue weighted by Gasteiger charge is -2.32. The van der Waals surface area contributed by atoms with E-state index in [2.05, 4.69) is 10.1 Å². The number of nitrogens with two attached hydrogens (primary N) is 1. The third kappa shape index (κ3) is 6.69. The number of hydrogen-bond donors (Lipinski definition) is 4. The summed E-state index contributed by atoms with van der Waals surface area (Å²) in [4.78, 5) is 28.0. The Balaban J connectivity index is 1.69. The number of esters is 1. The predicted molar refractivity (Wildman–Crippen MR) is 146 cm³/mol. The van der Waals surface area contributed by atoms with Gasteiger partial charge < -0.3 is 29.9 Å². The molecule has 0 spiro atoms. The van der Waals surface area contributed by atoms with Gasteiger partial charge in [0.05, 0.1) is 18.9 Å². The van der Waals surface area contributed by atoms with Gasteiger partial charge in [0, 0.05) is 5.39 Å². The molecule has 2 heterocycles. The first kappa shape index (κ1) is 32.4. The van der Waals surface area contributed by atoms with Gasteiger partial charge in [-0.25, -0.2) is 22.5 Å². The molecule has 0 amide bonds. The number of nitrogens with one attached hydrogen (secondary N) is 1. The zero-order valence-corrected chi connectivity index (χ0v) is 24.0. The Morgan fingerprint density at radius 3 is 2.56 bits per heavy atom. The summed E-state index contributed by atoms with van der Waals surface area (Å²) in [5, 5.41) is 24.8. The summed E-state index contributed by atoms with van der Waals surface area (Å²) in [6, 6.07) is 10.2. The fraction of sp³-hybridized carbons (Fsp3) is 0.423. The van der Waals surface area contributed by atoms with Crippen LogP contribution in [0, 0.1) is 5.82 Å². The van der Waals surface area contributed by atoms with Crippen LogP contribution in [-0.4, -0.2) is 68.7 Å². The van der Waals surface area contributed by atoms with Crippen LogP contribution in [0.2, 0.25) is 0 Å². The molecule has 1 aromatic heterocycles. The average molecular weight is 631 g/mol. The molecular weight excluding hydrogens is 600 g/mol. The molecule has 5 N–H and O–H groups in total. The van der Waals surface area contributed by atoms with Crippen LogP contribution in [0.5, 0.6) is 5.75 Å². The highest BCUT2D eigenvalue weighted by atomic mass is 31.2. The molecule has 43 heavy (non-hydrogen) atoms. The van der Waals surface area contributed by atoms with Gasteiger partial charge in [0.25, 0.3) is 6.43 Å². The molecule has 1 saturated heterocycles. The molecule has 17 heteroatoms. The molecular formula is C26H30F3N4O9P. The highest BCUT2D eigenvalue weighted by Gasteiger charge is 2.61. The largest absolute Gasteiger partial charge is 0.462 e. The van der Waals surface area contributed by atoms with Crippen LogP contribution in [0.4, 0.5) is 19.0 Å². The van der Waals surface area contributed by atoms with Gasteiger partial charge in [0.1, 0.15) is 24.0 Å². The first-order valence-electron chi connectivity index (χ1n) is 12.9. The lowest BCUT2D eigenvalue weighted by molar-refractivity contribution is -0.193. The summed E-state index contributed by atoms with van der Waals surface area (Å²) in [6.07, 6.45) is -10.5. The van der Waals surface area contributed by atoms with E-state index in [0.717, 1.165) is 0 Å². The van der Waals surface area contributed by atoms with Crippen molar-refractivity contribution in [3.05, 3.63) is 65.0 Å². The van der Waals surface area contributed by atoms with Crippen molar-refractivity contribution >= 4 is 30.3 Å². The van der Waals surface area contributed by atoms with E-state index in [-0.39, 0.29) is 5.75 Å². The van der Waals surface area contributed by atoms with Crippen LogP contribution in [0.1, 0.15) is 27.0 Å². The smallest absolute Gasteiger partial charge is 0.459 e. The van der Waals surface area contributed by atoms with Crippen LogP contribution < -0.4 is 21.0 Å². The molecule has 3 aromatic rings. The van der Waals surface area contributed by atoms with E-state index in [9.17, 15) is 37.5 Å². The highest BCUT2D eigenvalue weighted by Crippen LogP contribution is 2.50. The second-order valence-electron chi connectivity index (χ2n) is 10.0. The number of alkyl halides is 2.